The van der Waals surface area contributed by atoms with Gasteiger partial charge >= 0.3 is 0 Å². The molecule has 4 aromatic rings. The van der Waals surface area contributed by atoms with E-state index >= 15 is 0 Å². The standard InChI is InChI=1S/C27H23Cl2NO3/c1-4-32-25-14-26-22(23(15-33-26)18-6-9-19(28)10-7-18)13-21(25)17(3)11-27(31)30-24-12-20(29)8-5-16(24)2/h5-15H,4H2,1-3H3,(H,30,31)/b17-11+. The van der Waals surface area contributed by atoms with Gasteiger partial charge in [0.1, 0.15) is 11.3 Å². The highest BCUT2D eigenvalue weighted by molar-refractivity contribution is 6.31. The summed E-state index contributed by atoms with van der Waals surface area (Å²) in [6.45, 7) is 6.21. The minimum Gasteiger partial charge on any atom is -0.493 e. The first-order valence-corrected chi connectivity index (χ1v) is 11.3. The Morgan fingerprint density at radius 2 is 1.79 bits per heavy atom. The highest BCUT2D eigenvalue weighted by Gasteiger charge is 2.15. The fraction of sp³-hybridized carbons (Fsp3) is 0.148. The molecular weight excluding hydrogens is 457 g/mol. The van der Waals surface area contributed by atoms with E-state index in [2.05, 4.69) is 5.32 Å². The topological polar surface area (TPSA) is 51.5 Å². The van der Waals surface area contributed by atoms with Crippen molar-refractivity contribution in [3.05, 3.63) is 88.1 Å². The third-order valence-corrected chi connectivity index (χ3v) is 5.85. The molecule has 0 saturated heterocycles. The second kappa shape index (κ2) is 9.74. The molecule has 4 nitrogen and oxygen atoms in total. The number of fused-ring (bicyclic) bond motifs is 1. The Kier molecular flexibility index (Phi) is 6.77. The van der Waals surface area contributed by atoms with E-state index in [0.29, 0.717) is 33.7 Å². The van der Waals surface area contributed by atoms with Crippen molar-refractivity contribution in [2.45, 2.75) is 20.8 Å². The van der Waals surface area contributed by atoms with Crippen LogP contribution in [-0.4, -0.2) is 12.5 Å². The molecular formula is C27H23Cl2NO3. The van der Waals surface area contributed by atoms with Crippen molar-refractivity contribution in [3.63, 3.8) is 0 Å². The second-order valence-corrected chi connectivity index (χ2v) is 8.58. The van der Waals surface area contributed by atoms with Crippen LogP contribution in [0.2, 0.25) is 10.0 Å². The number of hydrogen-bond donors (Lipinski definition) is 1. The van der Waals surface area contributed by atoms with Gasteiger partial charge in [0.05, 0.1) is 12.9 Å². The molecule has 0 radical (unpaired) electrons. The van der Waals surface area contributed by atoms with Crippen molar-refractivity contribution in [3.8, 4) is 16.9 Å². The number of nitrogens with one attached hydrogen (secondary N) is 1. The van der Waals surface area contributed by atoms with Crippen molar-refractivity contribution in [1.82, 2.24) is 0 Å². The molecule has 0 spiro atoms. The van der Waals surface area contributed by atoms with Crippen molar-refractivity contribution < 1.29 is 13.9 Å². The normalized spacial score (nSPS) is 11.6. The van der Waals surface area contributed by atoms with Gasteiger partial charge in [0.25, 0.3) is 0 Å². The van der Waals surface area contributed by atoms with Gasteiger partial charge in [-0.25, -0.2) is 0 Å². The number of furan rings is 1. The van der Waals surface area contributed by atoms with Crippen molar-refractivity contribution in [2.75, 3.05) is 11.9 Å². The highest BCUT2D eigenvalue weighted by Crippen LogP contribution is 2.38. The van der Waals surface area contributed by atoms with Gasteiger partial charge in [-0.1, -0.05) is 41.4 Å². The SMILES string of the molecule is CCOc1cc2occ(-c3ccc(Cl)cc3)c2cc1/C(C)=C/C(=O)Nc1cc(Cl)ccc1C. The summed E-state index contributed by atoms with van der Waals surface area (Å²) < 4.78 is 11.7. The summed E-state index contributed by atoms with van der Waals surface area (Å²) in [5.41, 5.74) is 5.83. The number of allylic oxidation sites excluding steroid dienone is 1. The number of carbonyl (C=O) groups is 1. The number of carbonyl (C=O) groups excluding carboxylic acids is 1. The lowest BCUT2D eigenvalue weighted by Crippen LogP contribution is -2.10. The smallest absolute Gasteiger partial charge is 0.248 e. The van der Waals surface area contributed by atoms with Crippen LogP contribution in [0, 0.1) is 6.92 Å². The molecule has 4 rings (SSSR count). The molecule has 168 valence electrons. The van der Waals surface area contributed by atoms with Crippen LogP contribution in [0.4, 0.5) is 5.69 Å². The zero-order valence-corrected chi connectivity index (χ0v) is 20.1. The minimum absolute atomic E-state index is 0.245. The Balaban J connectivity index is 1.73. The predicted molar refractivity (Wildman–Crippen MR) is 136 cm³/mol. The summed E-state index contributed by atoms with van der Waals surface area (Å²) in [6, 6.07) is 16.9. The summed E-state index contributed by atoms with van der Waals surface area (Å²) in [4.78, 5) is 12.8. The molecule has 0 aliphatic carbocycles. The average molecular weight is 480 g/mol. The third kappa shape index (κ3) is 5.08. The highest BCUT2D eigenvalue weighted by atomic mass is 35.5. The van der Waals surface area contributed by atoms with Crippen molar-refractivity contribution in [2.24, 2.45) is 0 Å². The molecule has 1 N–H and O–H groups in total. The Labute approximate surface area is 202 Å². The zero-order valence-electron chi connectivity index (χ0n) is 18.5. The molecule has 1 heterocycles. The van der Waals surface area contributed by atoms with Crippen LogP contribution >= 0.6 is 23.2 Å². The summed E-state index contributed by atoms with van der Waals surface area (Å²) >= 11 is 12.1. The molecule has 1 aromatic heterocycles. The lowest BCUT2D eigenvalue weighted by molar-refractivity contribution is -0.111. The van der Waals surface area contributed by atoms with Crippen LogP contribution in [-0.2, 0) is 4.79 Å². The molecule has 0 unspecified atom stereocenters. The summed E-state index contributed by atoms with van der Waals surface area (Å²) in [5, 5.41) is 5.07. The Morgan fingerprint density at radius 1 is 1.06 bits per heavy atom. The van der Waals surface area contributed by atoms with Gasteiger partial charge in [0.15, 0.2) is 0 Å². The molecule has 0 aliphatic heterocycles. The van der Waals surface area contributed by atoms with Gasteiger partial charge in [-0.15, -0.1) is 0 Å². The van der Waals surface area contributed by atoms with Crippen molar-refractivity contribution in [1.29, 1.82) is 0 Å². The van der Waals surface area contributed by atoms with E-state index in [0.717, 1.165) is 33.2 Å². The van der Waals surface area contributed by atoms with Crippen LogP contribution in [0.1, 0.15) is 25.0 Å². The summed E-state index contributed by atoms with van der Waals surface area (Å²) in [7, 11) is 0. The summed E-state index contributed by atoms with van der Waals surface area (Å²) in [5.74, 6) is 0.410. The minimum atomic E-state index is -0.245. The number of hydrogen-bond acceptors (Lipinski definition) is 3. The molecule has 0 bridgehead atoms. The van der Waals surface area contributed by atoms with Gasteiger partial charge in [0, 0.05) is 44.4 Å². The monoisotopic (exact) mass is 479 g/mol. The fourth-order valence-electron chi connectivity index (χ4n) is 3.66. The average Bonchev–Trinajstić information content (AvgIpc) is 3.19. The van der Waals surface area contributed by atoms with E-state index < -0.39 is 0 Å². The number of aryl methyl sites for hydroxylation is 1. The maximum atomic E-state index is 12.8. The molecule has 1 amide bonds. The van der Waals surface area contributed by atoms with E-state index in [-0.39, 0.29) is 5.91 Å². The van der Waals surface area contributed by atoms with Gasteiger partial charge in [-0.3, -0.25) is 4.79 Å². The molecule has 6 heteroatoms. The first kappa shape index (κ1) is 23.0. The maximum Gasteiger partial charge on any atom is 0.248 e. The Bertz CT molecular complexity index is 1350. The molecule has 3 aromatic carbocycles. The fourth-order valence-corrected chi connectivity index (χ4v) is 3.96. The summed E-state index contributed by atoms with van der Waals surface area (Å²) in [6.07, 6.45) is 3.28. The molecule has 33 heavy (non-hydrogen) atoms. The first-order chi connectivity index (χ1) is 15.9. The van der Waals surface area contributed by atoms with E-state index in [4.69, 9.17) is 32.4 Å². The maximum absolute atomic E-state index is 12.8. The Hall–Kier alpha value is -3.21. The van der Waals surface area contributed by atoms with E-state index in [1.54, 1.807) is 24.5 Å². The first-order valence-electron chi connectivity index (χ1n) is 10.6. The molecule has 0 fully saturated rings. The number of amides is 1. The molecule has 0 saturated carbocycles. The quantitative estimate of drug-likeness (QED) is 0.283. The van der Waals surface area contributed by atoms with Gasteiger partial charge in [0.2, 0.25) is 5.91 Å². The van der Waals surface area contributed by atoms with Gasteiger partial charge in [-0.05, 0) is 67.8 Å². The second-order valence-electron chi connectivity index (χ2n) is 7.71. The van der Waals surface area contributed by atoms with Crippen LogP contribution in [0.3, 0.4) is 0 Å². The number of rotatable bonds is 6. The lowest BCUT2D eigenvalue weighted by atomic mass is 9.99. The van der Waals surface area contributed by atoms with Crippen molar-refractivity contribution >= 4 is 51.3 Å². The lowest BCUT2D eigenvalue weighted by Gasteiger charge is -2.12. The number of ether oxygens (including phenoxy) is 1. The Morgan fingerprint density at radius 3 is 2.52 bits per heavy atom. The van der Waals surface area contributed by atoms with Crippen LogP contribution < -0.4 is 10.1 Å². The zero-order chi connectivity index (χ0) is 23.5. The largest absolute Gasteiger partial charge is 0.493 e. The van der Waals surface area contributed by atoms with E-state index in [1.807, 2.05) is 63.2 Å². The van der Waals surface area contributed by atoms with E-state index in [1.165, 1.54) is 0 Å². The van der Waals surface area contributed by atoms with Crippen LogP contribution in [0.5, 0.6) is 5.75 Å². The predicted octanol–water partition coefficient (Wildman–Crippen LogP) is 8.16. The van der Waals surface area contributed by atoms with Crippen LogP contribution in [0.25, 0.3) is 27.7 Å². The van der Waals surface area contributed by atoms with Gasteiger partial charge in [-0.2, -0.15) is 0 Å². The number of benzene rings is 3. The number of anilines is 1. The van der Waals surface area contributed by atoms with E-state index in [9.17, 15) is 4.79 Å². The third-order valence-electron chi connectivity index (χ3n) is 5.36. The molecule has 0 atom stereocenters. The van der Waals surface area contributed by atoms with Gasteiger partial charge < -0.3 is 14.5 Å². The van der Waals surface area contributed by atoms with Crippen LogP contribution in [0.15, 0.2) is 71.4 Å². The number of halogens is 2. The molecule has 0 aliphatic rings.